The Hall–Kier alpha value is -2.22. The van der Waals surface area contributed by atoms with E-state index in [-0.39, 0.29) is 55.3 Å². The van der Waals surface area contributed by atoms with Gasteiger partial charge < -0.3 is 4.90 Å². The smallest absolute Gasteiger partial charge is 0.261 e. The quantitative estimate of drug-likeness (QED) is 0.721. The van der Waals surface area contributed by atoms with Gasteiger partial charge in [0.15, 0.2) is 9.84 Å². The molecule has 2 heterocycles. The zero-order chi connectivity index (χ0) is 16.6. The zero-order valence-corrected chi connectivity index (χ0v) is 13.2. The van der Waals surface area contributed by atoms with E-state index in [4.69, 9.17) is 0 Å². The normalized spacial score (nSPS) is 19.8. The van der Waals surface area contributed by atoms with Crippen molar-refractivity contribution in [1.82, 2.24) is 9.80 Å². The van der Waals surface area contributed by atoms with Gasteiger partial charge in [0.25, 0.3) is 11.8 Å². The first-order chi connectivity index (χ1) is 10.9. The molecule has 1 aromatic carbocycles. The monoisotopic (exact) mass is 336 g/mol. The Kier molecular flexibility index (Phi) is 3.93. The predicted molar refractivity (Wildman–Crippen MR) is 81.7 cm³/mol. The number of amides is 3. The largest absolute Gasteiger partial charge is 0.341 e. The van der Waals surface area contributed by atoms with Gasteiger partial charge in [-0.15, -0.1) is 0 Å². The summed E-state index contributed by atoms with van der Waals surface area (Å²) < 4.78 is 22.7. The molecule has 2 aliphatic rings. The van der Waals surface area contributed by atoms with Crippen molar-refractivity contribution in [3.05, 3.63) is 35.4 Å². The molecule has 23 heavy (non-hydrogen) atoms. The van der Waals surface area contributed by atoms with Gasteiger partial charge in [0.2, 0.25) is 5.91 Å². The molecule has 8 heteroatoms. The first-order valence-corrected chi connectivity index (χ1v) is 9.14. The number of hydrogen-bond acceptors (Lipinski definition) is 5. The van der Waals surface area contributed by atoms with Gasteiger partial charge in [0.1, 0.15) is 0 Å². The van der Waals surface area contributed by atoms with Gasteiger partial charge in [-0.25, -0.2) is 8.42 Å². The number of sulfone groups is 1. The highest BCUT2D eigenvalue weighted by Crippen LogP contribution is 2.22. The van der Waals surface area contributed by atoms with Crippen molar-refractivity contribution in [3.63, 3.8) is 0 Å². The Morgan fingerprint density at radius 3 is 2.04 bits per heavy atom. The average Bonchev–Trinajstić information content (AvgIpc) is 2.77. The fourth-order valence-electron chi connectivity index (χ4n) is 2.77. The molecule has 2 aliphatic heterocycles. The number of benzene rings is 1. The highest BCUT2D eigenvalue weighted by molar-refractivity contribution is 7.91. The highest BCUT2D eigenvalue weighted by atomic mass is 32.2. The molecule has 0 spiro atoms. The summed E-state index contributed by atoms with van der Waals surface area (Å²) >= 11 is 0. The minimum absolute atomic E-state index is 0.00547. The summed E-state index contributed by atoms with van der Waals surface area (Å²) in [6, 6.07) is 6.55. The number of rotatable bonds is 3. The summed E-state index contributed by atoms with van der Waals surface area (Å²) in [5, 5.41) is 0. The standard InChI is InChI=1S/C15H16N2O5S/c18-13(16-7-9-23(21,22)10-8-16)5-6-17-14(19)11-3-1-2-4-12(11)15(17)20/h1-4H,5-10H2. The van der Waals surface area contributed by atoms with E-state index in [0.717, 1.165) is 4.90 Å². The van der Waals surface area contributed by atoms with Crippen molar-refractivity contribution in [2.75, 3.05) is 31.1 Å². The topological polar surface area (TPSA) is 91.8 Å². The van der Waals surface area contributed by atoms with Gasteiger partial charge in [0, 0.05) is 26.1 Å². The van der Waals surface area contributed by atoms with Crippen LogP contribution in [0.4, 0.5) is 0 Å². The number of imide groups is 1. The number of hydrogen-bond donors (Lipinski definition) is 0. The Morgan fingerprint density at radius 2 is 1.52 bits per heavy atom. The SMILES string of the molecule is O=C(CCN1C(=O)c2ccccc2C1=O)N1CCS(=O)(=O)CC1. The first kappa shape index (κ1) is 15.7. The lowest BCUT2D eigenvalue weighted by Crippen LogP contribution is -2.45. The van der Waals surface area contributed by atoms with Crippen molar-refractivity contribution in [1.29, 1.82) is 0 Å². The van der Waals surface area contributed by atoms with Gasteiger partial charge in [-0.2, -0.15) is 0 Å². The third-order valence-corrected chi connectivity index (χ3v) is 5.73. The fraction of sp³-hybridized carbons (Fsp3) is 0.400. The Bertz CT molecular complexity index is 738. The van der Waals surface area contributed by atoms with Crippen LogP contribution in [-0.4, -0.2) is 67.1 Å². The van der Waals surface area contributed by atoms with Gasteiger partial charge in [-0.1, -0.05) is 12.1 Å². The van der Waals surface area contributed by atoms with Gasteiger partial charge in [-0.05, 0) is 12.1 Å². The van der Waals surface area contributed by atoms with Crippen LogP contribution in [0.15, 0.2) is 24.3 Å². The number of carbonyl (C=O) groups excluding carboxylic acids is 3. The van der Waals surface area contributed by atoms with Crippen molar-refractivity contribution < 1.29 is 22.8 Å². The summed E-state index contributed by atoms with van der Waals surface area (Å²) in [6.07, 6.45) is 0.00547. The minimum Gasteiger partial charge on any atom is -0.341 e. The Morgan fingerprint density at radius 1 is 1.00 bits per heavy atom. The van der Waals surface area contributed by atoms with Crippen LogP contribution >= 0.6 is 0 Å². The van der Waals surface area contributed by atoms with E-state index in [0.29, 0.717) is 11.1 Å². The fourth-order valence-corrected chi connectivity index (χ4v) is 3.97. The van der Waals surface area contributed by atoms with E-state index in [1.165, 1.54) is 4.90 Å². The molecule has 122 valence electrons. The first-order valence-electron chi connectivity index (χ1n) is 7.32. The van der Waals surface area contributed by atoms with E-state index in [1.807, 2.05) is 0 Å². The predicted octanol–water partition coefficient (Wildman–Crippen LogP) is -0.0703. The van der Waals surface area contributed by atoms with Crippen molar-refractivity contribution in [2.24, 2.45) is 0 Å². The molecule has 0 atom stereocenters. The summed E-state index contributed by atoms with van der Waals surface area (Å²) in [5.41, 5.74) is 0.711. The maximum absolute atomic E-state index is 12.2. The number of carbonyl (C=O) groups is 3. The highest BCUT2D eigenvalue weighted by Gasteiger charge is 2.35. The molecule has 0 radical (unpaired) electrons. The van der Waals surface area contributed by atoms with Gasteiger partial charge in [-0.3, -0.25) is 19.3 Å². The molecule has 1 aromatic rings. The lowest BCUT2D eigenvalue weighted by molar-refractivity contribution is -0.130. The lowest BCUT2D eigenvalue weighted by atomic mass is 10.1. The third-order valence-electron chi connectivity index (χ3n) is 4.12. The van der Waals surface area contributed by atoms with Crippen LogP contribution in [0, 0.1) is 0 Å². The van der Waals surface area contributed by atoms with E-state index in [1.54, 1.807) is 24.3 Å². The summed E-state index contributed by atoms with van der Waals surface area (Å²) in [7, 11) is -3.05. The van der Waals surface area contributed by atoms with Crippen LogP contribution in [0.25, 0.3) is 0 Å². The molecule has 0 bridgehead atoms. The Labute approximate surface area is 133 Å². The third kappa shape index (κ3) is 2.98. The molecule has 3 amide bonds. The van der Waals surface area contributed by atoms with E-state index in [2.05, 4.69) is 0 Å². The van der Waals surface area contributed by atoms with Crippen LogP contribution in [-0.2, 0) is 14.6 Å². The molecule has 0 aliphatic carbocycles. The minimum atomic E-state index is -3.05. The molecule has 0 aromatic heterocycles. The zero-order valence-electron chi connectivity index (χ0n) is 12.4. The second-order valence-electron chi connectivity index (χ2n) is 5.59. The molecule has 7 nitrogen and oxygen atoms in total. The maximum Gasteiger partial charge on any atom is 0.261 e. The van der Waals surface area contributed by atoms with E-state index >= 15 is 0 Å². The average molecular weight is 336 g/mol. The van der Waals surface area contributed by atoms with Crippen LogP contribution < -0.4 is 0 Å². The summed E-state index contributed by atoms with van der Waals surface area (Å²) in [6.45, 7) is 0.348. The van der Waals surface area contributed by atoms with Gasteiger partial charge >= 0.3 is 0 Å². The Balaban J connectivity index is 1.60. The molecular weight excluding hydrogens is 320 g/mol. The van der Waals surface area contributed by atoms with Gasteiger partial charge in [0.05, 0.1) is 22.6 Å². The molecule has 0 unspecified atom stereocenters. The molecule has 0 N–H and O–H groups in total. The van der Waals surface area contributed by atoms with Crippen molar-refractivity contribution >= 4 is 27.6 Å². The van der Waals surface area contributed by atoms with Crippen molar-refractivity contribution in [3.8, 4) is 0 Å². The van der Waals surface area contributed by atoms with E-state index in [9.17, 15) is 22.8 Å². The van der Waals surface area contributed by atoms with Crippen LogP contribution in [0.1, 0.15) is 27.1 Å². The van der Waals surface area contributed by atoms with E-state index < -0.39 is 9.84 Å². The number of nitrogens with zero attached hydrogens (tertiary/aromatic N) is 2. The lowest BCUT2D eigenvalue weighted by Gasteiger charge is -2.27. The van der Waals surface area contributed by atoms with Crippen LogP contribution in [0.5, 0.6) is 0 Å². The summed E-state index contributed by atoms with van der Waals surface area (Å²) in [5.74, 6) is -1.09. The molecule has 1 saturated heterocycles. The van der Waals surface area contributed by atoms with Crippen LogP contribution in [0.3, 0.4) is 0 Å². The molecule has 1 fully saturated rings. The number of fused-ring (bicyclic) bond motifs is 1. The van der Waals surface area contributed by atoms with Crippen LogP contribution in [0.2, 0.25) is 0 Å². The molecule has 3 rings (SSSR count). The molecular formula is C15H16N2O5S. The maximum atomic E-state index is 12.2. The second-order valence-corrected chi connectivity index (χ2v) is 7.89. The second kappa shape index (κ2) is 5.77. The van der Waals surface area contributed by atoms with Crippen molar-refractivity contribution in [2.45, 2.75) is 6.42 Å². The molecule has 0 saturated carbocycles. The summed E-state index contributed by atoms with van der Waals surface area (Å²) in [4.78, 5) is 39.0.